The minimum atomic E-state index is -0.551. The molecule has 2 aromatic carbocycles. The Morgan fingerprint density at radius 3 is 2.22 bits per heavy atom. The third kappa shape index (κ3) is 6.77. The summed E-state index contributed by atoms with van der Waals surface area (Å²) in [7, 11) is 4.91. The number of nitrogens with one attached hydrogen (secondary N) is 2. The van der Waals surface area contributed by atoms with Gasteiger partial charge < -0.3 is 29.6 Å². The van der Waals surface area contributed by atoms with Crippen molar-refractivity contribution in [2.24, 2.45) is 11.8 Å². The zero-order valence-corrected chi connectivity index (χ0v) is 25.0. The number of methoxy groups -OCH3 is 3. The van der Waals surface area contributed by atoms with Gasteiger partial charge in [0.15, 0.2) is 0 Å². The number of nitrogens with zero attached hydrogens (tertiary/aromatic N) is 2. The smallest absolute Gasteiger partial charge is 0.407 e. The Morgan fingerprint density at radius 2 is 1.61 bits per heavy atom. The number of benzene rings is 2. The van der Waals surface area contributed by atoms with Crippen molar-refractivity contribution in [2.75, 3.05) is 26.6 Å². The summed E-state index contributed by atoms with van der Waals surface area (Å²) in [6, 6.07) is 9.60. The van der Waals surface area contributed by atoms with Crippen LogP contribution in [0.2, 0.25) is 0 Å². The second-order valence-corrected chi connectivity index (χ2v) is 12.2. The summed E-state index contributed by atoms with van der Waals surface area (Å²) in [6.07, 6.45) is 8.33. The Bertz CT molecular complexity index is 1360. The molecule has 2 aliphatic carbocycles. The van der Waals surface area contributed by atoms with Gasteiger partial charge in [0.05, 0.1) is 32.9 Å². The molecule has 0 radical (unpaired) electrons. The lowest BCUT2D eigenvalue weighted by Crippen LogP contribution is -2.52. The van der Waals surface area contributed by atoms with Gasteiger partial charge in [-0.05, 0) is 75.6 Å². The van der Waals surface area contributed by atoms with Gasteiger partial charge in [0.25, 0.3) is 0 Å². The van der Waals surface area contributed by atoms with E-state index < -0.39 is 5.60 Å². The van der Waals surface area contributed by atoms with Gasteiger partial charge in [0, 0.05) is 35.3 Å². The van der Waals surface area contributed by atoms with Crippen molar-refractivity contribution in [1.29, 1.82) is 0 Å². The van der Waals surface area contributed by atoms with Crippen LogP contribution in [-0.4, -0.2) is 55.1 Å². The number of hydrogen-bond acceptors (Lipinski definition) is 8. The lowest BCUT2D eigenvalue weighted by atomic mass is 9.68. The summed E-state index contributed by atoms with van der Waals surface area (Å²) in [5, 5.41) is 7.57. The maximum absolute atomic E-state index is 12.7. The number of hydrogen-bond donors (Lipinski definition) is 2. The van der Waals surface area contributed by atoms with Gasteiger partial charge in [-0.25, -0.2) is 14.8 Å². The average Bonchev–Trinajstić information content (AvgIpc) is 2.91. The first-order valence-electron chi connectivity index (χ1n) is 14.5. The summed E-state index contributed by atoms with van der Waals surface area (Å²) in [5.74, 6) is 3.98. The molecule has 41 heavy (non-hydrogen) atoms. The van der Waals surface area contributed by atoms with E-state index in [1.54, 1.807) is 21.3 Å². The number of amides is 1. The summed E-state index contributed by atoms with van der Waals surface area (Å²) in [6.45, 7) is 5.65. The average molecular weight is 563 g/mol. The Morgan fingerprint density at radius 1 is 0.878 bits per heavy atom. The summed E-state index contributed by atoms with van der Waals surface area (Å²) < 4.78 is 22.3. The van der Waals surface area contributed by atoms with E-state index in [-0.39, 0.29) is 18.2 Å². The highest BCUT2D eigenvalue weighted by Gasteiger charge is 2.38. The fourth-order valence-electron chi connectivity index (χ4n) is 5.99. The molecule has 2 aliphatic rings. The highest BCUT2D eigenvalue weighted by Crippen LogP contribution is 2.42. The number of aromatic nitrogens is 2. The van der Waals surface area contributed by atoms with Gasteiger partial charge in [-0.3, -0.25) is 0 Å². The lowest BCUT2D eigenvalue weighted by Gasteiger charge is -2.42. The van der Waals surface area contributed by atoms with Gasteiger partial charge >= 0.3 is 6.09 Å². The summed E-state index contributed by atoms with van der Waals surface area (Å²) in [4.78, 5) is 22.2. The number of fused-ring (bicyclic) bond motifs is 1. The van der Waals surface area contributed by atoms with Crippen LogP contribution in [0, 0.1) is 11.8 Å². The topological polar surface area (TPSA) is 104 Å². The van der Waals surface area contributed by atoms with Crippen molar-refractivity contribution < 1.29 is 23.7 Å². The van der Waals surface area contributed by atoms with Crippen LogP contribution in [-0.2, 0) is 4.74 Å². The van der Waals surface area contributed by atoms with Crippen LogP contribution in [0.15, 0.2) is 36.5 Å². The molecule has 220 valence electrons. The van der Waals surface area contributed by atoms with E-state index in [4.69, 9.17) is 23.9 Å². The van der Waals surface area contributed by atoms with Crippen molar-refractivity contribution in [1.82, 2.24) is 15.3 Å². The molecule has 0 saturated heterocycles. The molecule has 3 aromatic rings. The van der Waals surface area contributed by atoms with Crippen LogP contribution in [0.5, 0.6) is 17.2 Å². The molecule has 9 heteroatoms. The van der Waals surface area contributed by atoms with Crippen LogP contribution in [0.4, 0.5) is 10.7 Å². The maximum Gasteiger partial charge on any atom is 0.407 e. The second kappa shape index (κ2) is 12.0. The Balaban J connectivity index is 1.39. The Labute approximate surface area is 242 Å². The first-order chi connectivity index (χ1) is 19.6. The quantitative estimate of drug-likeness (QED) is 0.317. The molecule has 9 nitrogen and oxygen atoms in total. The molecule has 5 rings (SSSR count). The Hall–Kier alpha value is -3.75. The van der Waals surface area contributed by atoms with Gasteiger partial charge in [0.1, 0.15) is 22.8 Å². The first kappa shape index (κ1) is 28.8. The molecule has 1 aromatic heterocycles. The molecular formula is C32H42N4O5. The van der Waals surface area contributed by atoms with Crippen molar-refractivity contribution in [3.63, 3.8) is 0 Å². The number of rotatable bonds is 8. The van der Waals surface area contributed by atoms with Gasteiger partial charge in [-0.15, -0.1) is 0 Å². The van der Waals surface area contributed by atoms with Crippen LogP contribution in [0.1, 0.15) is 59.3 Å². The molecule has 2 N–H and O–H groups in total. The van der Waals surface area contributed by atoms with E-state index in [9.17, 15) is 4.79 Å². The molecule has 0 aliphatic heterocycles. The molecule has 3 unspecified atom stereocenters. The molecule has 2 saturated carbocycles. The minimum Gasteiger partial charge on any atom is -0.497 e. The van der Waals surface area contributed by atoms with Crippen molar-refractivity contribution in [3.05, 3.63) is 36.5 Å². The van der Waals surface area contributed by atoms with E-state index >= 15 is 0 Å². The molecule has 2 fully saturated rings. The van der Waals surface area contributed by atoms with Crippen molar-refractivity contribution in [3.8, 4) is 28.4 Å². The molecule has 1 amide bonds. The highest BCUT2D eigenvalue weighted by molar-refractivity contribution is 5.89. The maximum atomic E-state index is 12.7. The normalized spacial score (nSPS) is 21.1. The highest BCUT2D eigenvalue weighted by atomic mass is 16.6. The zero-order valence-electron chi connectivity index (χ0n) is 25.0. The van der Waals surface area contributed by atoms with Crippen molar-refractivity contribution >= 4 is 22.9 Å². The predicted octanol–water partition coefficient (Wildman–Crippen LogP) is 6.60. The third-order valence-corrected chi connectivity index (χ3v) is 8.29. The second-order valence-electron chi connectivity index (χ2n) is 12.2. The van der Waals surface area contributed by atoms with Gasteiger partial charge in [0.2, 0.25) is 5.95 Å². The van der Waals surface area contributed by atoms with E-state index in [1.807, 2.05) is 57.3 Å². The monoisotopic (exact) mass is 562 g/mol. The summed E-state index contributed by atoms with van der Waals surface area (Å²) >= 11 is 0. The predicted molar refractivity (Wildman–Crippen MR) is 160 cm³/mol. The van der Waals surface area contributed by atoms with E-state index in [2.05, 4.69) is 15.6 Å². The molecule has 1 heterocycles. The number of carbonyl (C=O) groups is 1. The van der Waals surface area contributed by atoms with Crippen molar-refractivity contribution in [2.45, 2.75) is 77.0 Å². The lowest BCUT2D eigenvalue weighted by molar-refractivity contribution is 0.0456. The number of anilines is 1. The fraction of sp³-hybridized carbons (Fsp3) is 0.531. The largest absolute Gasteiger partial charge is 0.497 e. The number of carbonyl (C=O) groups excluding carboxylic acids is 1. The van der Waals surface area contributed by atoms with E-state index in [1.165, 1.54) is 19.3 Å². The standard InChI is InChI=1S/C32H42N4O5/c1-32(2,3)41-31(37)36-28-15-20(19-8-7-9-19)10-11-26(28)34-30-33-18-22-14-25(29(40-6)17-27(22)35-30)21-12-23(38-4)16-24(13-21)39-5/h12-14,16-20,26,28H,7-11,15H2,1-6H3,(H,36,37)(H,33,34,35). The van der Waals surface area contributed by atoms with E-state index in [0.29, 0.717) is 29.1 Å². The Kier molecular flexibility index (Phi) is 8.42. The SMILES string of the molecule is COc1cc(OC)cc(-c2cc3cnc(NC4CCC(C5CCC5)CC4NC(=O)OC(C)(C)C)nc3cc2OC)c1. The number of ether oxygens (including phenoxy) is 4. The molecule has 0 spiro atoms. The van der Waals surface area contributed by atoms with Gasteiger partial charge in [-0.1, -0.05) is 19.3 Å². The fourth-order valence-corrected chi connectivity index (χ4v) is 5.99. The van der Waals surface area contributed by atoms with Gasteiger partial charge in [-0.2, -0.15) is 0 Å². The molecule has 3 atom stereocenters. The van der Waals surface area contributed by atoms with Crippen LogP contribution in [0.3, 0.4) is 0 Å². The third-order valence-electron chi connectivity index (χ3n) is 8.29. The first-order valence-corrected chi connectivity index (χ1v) is 14.5. The molecular weight excluding hydrogens is 520 g/mol. The van der Waals surface area contributed by atoms with E-state index in [0.717, 1.165) is 47.2 Å². The van der Waals surface area contributed by atoms with Crippen LogP contribution in [0.25, 0.3) is 22.0 Å². The minimum absolute atomic E-state index is 0.00159. The van der Waals surface area contributed by atoms with Crippen LogP contribution < -0.4 is 24.8 Å². The zero-order chi connectivity index (χ0) is 29.1. The molecule has 0 bridgehead atoms. The number of alkyl carbamates (subject to hydrolysis) is 1. The van der Waals surface area contributed by atoms with Crippen LogP contribution >= 0.6 is 0 Å². The summed E-state index contributed by atoms with van der Waals surface area (Å²) in [5.41, 5.74) is 2.00.